The molecule has 7 heteroatoms. The van der Waals surface area contributed by atoms with Crippen molar-refractivity contribution in [2.24, 2.45) is 5.84 Å². The summed E-state index contributed by atoms with van der Waals surface area (Å²) in [6.07, 6.45) is 0.815. The molecule has 1 aromatic carbocycles. The van der Waals surface area contributed by atoms with Crippen LogP contribution in [0, 0.1) is 10.1 Å². The number of hydrazine groups is 1. The van der Waals surface area contributed by atoms with Crippen LogP contribution in [0.3, 0.4) is 0 Å². The van der Waals surface area contributed by atoms with E-state index in [1.807, 2.05) is 11.0 Å². The summed E-state index contributed by atoms with van der Waals surface area (Å²) in [5, 5.41) is 11.2. The molecule has 0 saturated carbocycles. The zero-order valence-corrected chi connectivity index (χ0v) is 9.87. The molecule has 1 heterocycles. The SMILES string of the molecule is NNC(=S)N1CCc2ccc([N+](=O)[O-])cc2C1. The van der Waals surface area contributed by atoms with E-state index in [0.717, 1.165) is 24.1 Å². The summed E-state index contributed by atoms with van der Waals surface area (Å²) in [6, 6.07) is 4.94. The van der Waals surface area contributed by atoms with Gasteiger partial charge in [-0.1, -0.05) is 6.07 Å². The van der Waals surface area contributed by atoms with Crippen LogP contribution in [-0.4, -0.2) is 21.5 Å². The number of non-ortho nitro benzene ring substituents is 1. The van der Waals surface area contributed by atoms with E-state index in [0.29, 0.717) is 11.7 Å². The average Bonchev–Trinajstić information content (AvgIpc) is 2.36. The largest absolute Gasteiger partial charge is 0.344 e. The van der Waals surface area contributed by atoms with Crippen LogP contribution in [0.2, 0.25) is 0 Å². The topological polar surface area (TPSA) is 84.4 Å². The Morgan fingerprint density at radius 3 is 2.94 bits per heavy atom. The van der Waals surface area contributed by atoms with Crippen LogP contribution in [0.5, 0.6) is 0 Å². The Hall–Kier alpha value is -1.73. The van der Waals surface area contributed by atoms with E-state index in [-0.39, 0.29) is 5.69 Å². The van der Waals surface area contributed by atoms with Gasteiger partial charge in [-0.2, -0.15) is 0 Å². The maximum atomic E-state index is 10.7. The number of nitro benzene ring substituents is 1. The molecule has 17 heavy (non-hydrogen) atoms. The summed E-state index contributed by atoms with van der Waals surface area (Å²) in [5.41, 5.74) is 4.60. The molecule has 0 bridgehead atoms. The van der Waals surface area contributed by atoms with Gasteiger partial charge in [-0.05, 0) is 29.8 Å². The van der Waals surface area contributed by atoms with Crippen molar-refractivity contribution in [2.45, 2.75) is 13.0 Å². The lowest BCUT2D eigenvalue weighted by atomic mass is 9.99. The van der Waals surface area contributed by atoms with Crippen molar-refractivity contribution in [1.82, 2.24) is 10.3 Å². The lowest BCUT2D eigenvalue weighted by Crippen LogP contribution is -2.45. The first kappa shape index (κ1) is 11.7. The Labute approximate surface area is 104 Å². The Kier molecular flexibility index (Phi) is 3.21. The Morgan fingerprint density at radius 1 is 1.53 bits per heavy atom. The molecular formula is C10H12N4O2S. The van der Waals surface area contributed by atoms with E-state index in [2.05, 4.69) is 5.43 Å². The summed E-state index contributed by atoms with van der Waals surface area (Å²) in [4.78, 5) is 12.2. The van der Waals surface area contributed by atoms with Gasteiger partial charge >= 0.3 is 0 Å². The predicted octanol–water partition coefficient (Wildman–Crippen LogP) is 0.701. The number of thiocarbonyl (C=S) groups is 1. The lowest BCUT2D eigenvalue weighted by molar-refractivity contribution is -0.385. The van der Waals surface area contributed by atoms with Crippen LogP contribution in [0.15, 0.2) is 18.2 Å². The van der Waals surface area contributed by atoms with Crippen LogP contribution in [0.25, 0.3) is 0 Å². The average molecular weight is 252 g/mol. The first-order chi connectivity index (χ1) is 8.11. The minimum atomic E-state index is -0.390. The van der Waals surface area contributed by atoms with Crippen LogP contribution in [0.1, 0.15) is 11.1 Å². The fourth-order valence-corrected chi connectivity index (χ4v) is 2.08. The Bertz CT molecular complexity index is 477. The first-order valence-electron chi connectivity index (χ1n) is 5.13. The second-order valence-electron chi connectivity index (χ2n) is 3.83. The fourth-order valence-electron chi connectivity index (χ4n) is 1.92. The molecule has 90 valence electrons. The fraction of sp³-hybridized carbons (Fsp3) is 0.300. The summed E-state index contributed by atoms with van der Waals surface area (Å²) in [7, 11) is 0. The van der Waals surface area contributed by atoms with Gasteiger partial charge in [0.15, 0.2) is 5.11 Å². The molecular weight excluding hydrogens is 240 g/mol. The maximum absolute atomic E-state index is 10.7. The van der Waals surface area contributed by atoms with Gasteiger partial charge in [0.25, 0.3) is 5.69 Å². The molecule has 0 unspecified atom stereocenters. The van der Waals surface area contributed by atoms with Gasteiger partial charge in [0.2, 0.25) is 0 Å². The van der Waals surface area contributed by atoms with Gasteiger partial charge in [0.1, 0.15) is 0 Å². The quantitative estimate of drug-likeness (QED) is 0.331. The molecule has 1 aromatic rings. The molecule has 0 spiro atoms. The van der Waals surface area contributed by atoms with Gasteiger partial charge in [-0.3, -0.25) is 10.1 Å². The van der Waals surface area contributed by atoms with Crippen LogP contribution < -0.4 is 11.3 Å². The van der Waals surface area contributed by atoms with Gasteiger partial charge in [-0.15, -0.1) is 0 Å². The molecule has 0 fully saturated rings. The molecule has 0 atom stereocenters. The summed E-state index contributed by atoms with van der Waals surface area (Å²) < 4.78 is 0. The van der Waals surface area contributed by atoms with Crippen LogP contribution in [0.4, 0.5) is 5.69 Å². The number of nitrogens with one attached hydrogen (secondary N) is 1. The van der Waals surface area contributed by atoms with Crippen LogP contribution in [-0.2, 0) is 13.0 Å². The molecule has 0 saturated heterocycles. The monoisotopic (exact) mass is 252 g/mol. The molecule has 6 nitrogen and oxygen atoms in total. The highest BCUT2D eigenvalue weighted by molar-refractivity contribution is 7.80. The summed E-state index contributed by atoms with van der Waals surface area (Å²) >= 11 is 5.04. The smallest absolute Gasteiger partial charge is 0.269 e. The van der Waals surface area contributed by atoms with Crippen molar-refractivity contribution in [3.05, 3.63) is 39.4 Å². The van der Waals surface area contributed by atoms with Crippen molar-refractivity contribution in [3.8, 4) is 0 Å². The number of nitro groups is 1. The Morgan fingerprint density at radius 2 is 2.29 bits per heavy atom. The summed E-state index contributed by atoms with van der Waals surface area (Å²) in [6.45, 7) is 1.33. The molecule has 2 rings (SSSR count). The number of rotatable bonds is 1. The highest BCUT2D eigenvalue weighted by Gasteiger charge is 2.20. The highest BCUT2D eigenvalue weighted by Crippen LogP contribution is 2.23. The number of hydrogen-bond donors (Lipinski definition) is 2. The van der Waals surface area contributed by atoms with E-state index < -0.39 is 4.92 Å². The maximum Gasteiger partial charge on any atom is 0.269 e. The molecule has 3 N–H and O–H groups in total. The lowest BCUT2D eigenvalue weighted by Gasteiger charge is -2.30. The van der Waals surface area contributed by atoms with Crippen molar-refractivity contribution < 1.29 is 4.92 Å². The van der Waals surface area contributed by atoms with Gasteiger partial charge < -0.3 is 10.3 Å². The molecule has 0 amide bonds. The van der Waals surface area contributed by atoms with Gasteiger partial charge in [0, 0.05) is 25.2 Å². The number of benzene rings is 1. The number of hydrogen-bond acceptors (Lipinski definition) is 4. The zero-order chi connectivity index (χ0) is 12.4. The third kappa shape index (κ3) is 2.34. The van der Waals surface area contributed by atoms with Crippen molar-refractivity contribution in [2.75, 3.05) is 6.54 Å². The standard InChI is InChI=1S/C10H12N4O2S/c11-12-10(17)13-4-3-7-1-2-9(14(15)16)5-8(7)6-13/h1-2,5H,3-4,6,11H2,(H,12,17). The zero-order valence-electron chi connectivity index (χ0n) is 9.05. The van der Waals surface area contributed by atoms with Crippen LogP contribution >= 0.6 is 12.2 Å². The van der Waals surface area contributed by atoms with E-state index in [1.165, 1.54) is 6.07 Å². The Balaban J connectivity index is 2.26. The molecule has 0 aromatic heterocycles. The molecule has 1 aliphatic rings. The normalized spacial score (nSPS) is 14.1. The highest BCUT2D eigenvalue weighted by atomic mass is 32.1. The third-order valence-corrected chi connectivity index (χ3v) is 3.20. The number of nitrogens with two attached hydrogens (primary N) is 1. The minimum absolute atomic E-state index is 0.109. The van der Waals surface area contributed by atoms with Crippen molar-refractivity contribution in [3.63, 3.8) is 0 Å². The third-order valence-electron chi connectivity index (χ3n) is 2.82. The minimum Gasteiger partial charge on any atom is -0.344 e. The van der Waals surface area contributed by atoms with Gasteiger partial charge in [0.05, 0.1) is 4.92 Å². The summed E-state index contributed by atoms with van der Waals surface area (Å²) in [5.74, 6) is 5.26. The molecule has 0 aliphatic carbocycles. The van der Waals surface area contributed by atoms with E-state index in [9.17, 15) is 10.1 Å². The second-order valence-corrected chi connectivity index (χ2v) is 4.22. The van der Waals surface area contributed by atoms with Crippen molar-refractivity contribution in [1.29, 1.82) is 0 Å². The van der Waals surface area contributed by atoms with E-state index in [4.69, 9.17) is 18.1 Å². The van der Waals surface area contributed by atoms with Crippen molar-refractivity contribution >= 4 is 23.0 Å². The van der Waals surface area contributed by atoms with E-state index in [1.54, 1.807) is 6.07 Å². The second kappa shape index (κ2) is 4.64. The number of nitrogens with zero attached hydrogens (tertiary/aromatic N) is 2. The molecule has 1 aliphatic heterocycles. The van der Waals surface area contributed by atoms with Gasteiger partial charge in [-0.25, -0.2) is 5.84 Å². The number of fused-ring (bicyclic) bond motifs is 1. The first-order valence-corrected chi connectivity index (χ1v) is 5.54. The van der Waals surface area contributed by atoms with E-state index >= 15 is 0 Å². The molecule has 0 radical (unpaired) electrons. The predicted molar refractivity (Wildman–Crippen MR) is 67.1 cm³/mol.